The Hall–Kier alpha value is -3.41. The molecule has 5 rings (SSSR count). The number of anilines is 1. The minimum absolute atomic E-state index is 0.323. The zero-order chi connectivity index (χ0) is 20.5. The Morgan fingerprint density at radius 3 is 2.53 bits per heavy atom. The molecular formula is C24H24N4O2. The molecule has 0 bridgehead atoms. The average molecular weight is 400 g/mol. The number of pyridine rings is 1. The highest BCUT2D eigenvalue weighted by molar-refractivity contribution is 5.94. The van der Waals surface area contributed by atoms with E-state index in [2.05, 4.69) is 45.4 Å². The van der Waals surface area contributed by atoms with Gasteiger partial charge in [-0.05, 0) is 44.0 Å². The van der Waals surface area contributed by atoms with E-state index in [0.717, 1.165) is 54.3 Å². The molecule has 0 radical (unpaired) electrons. The second kappa shape index (κ2) is 7.78. The normalized spacial score (nSPS) is 14.9. The number of aromatic nitrogens is 3. The molecule has 0 saturated carbocycles. The molecule has 0 N–H and O–H groups in total. The number of aryl methyl sites for hydroxylation is 1. The van der Waals surface area contributed by atoms with E-state index >= 15 is 0 Å². The maximum Gasteiger partial charge on any atom is 0.229 e. The van der Waals surface area contributed by atoms with Crippen molar-refractivity contribution in [3.63, 3.8) is 0 Å². The molecule has 1 fully saturated rings. The van der Waals surface area contributed by atoms with Gasteiger partial charge in [0.05, 0.1) is 18.3 Å². The summed E-state index contributed by atoms with van der Waals surface area (Å²) in [5, 5.41) is 5.12. The van der Waals surface area contributed by atoms with Crippen LogP contribution in [-0.2, 0) is 0 Å². The van der Waals surface area contributed by atoms with Gasteiger partial charge in [0.15, 0.2) is 5.82 Å². The fourth-order valence-electron chi connectivity index (χ4n) is 4.26. The Kier molecular flexibility index (Phi) is 4.83. The van der Waals surface area contributed by atoms with Gasteiger partial charge in [0.25, 0.3) is 0 Å². The Morgan fingerprint density at radius 1 is 1.00 bits per heavy atom. The van der Waals surface area contributed by atoms with Gasteiger partial charge in [-0.3, -0.25) is 0 Å². The summed E-state index contributed by atoms with van der Waals surface area (Å²) in [6, 6.07) is 18.6. The lowest BCUT2D eigenvalue weighted by Gasteiger charge is -2.33. The van der Waals surface area contributed by atoms with Gasteiger partial charge >= 0.3 is 0 Å². The summed E-state index contributed by atoms with van der Waals surface area (Å²) < 4.78 is 11.0. The number of rotatable bonds is 4. The predicted octanol–water partition coefficient (Wildman–Crippen LogP) is 4.99. The first kappa shape index (κ1) is 18.6. The van der Waals surface area contributed by atoms with Gasteiger partial charge in [0.1, 0.15) is 5.75 Å². The molecule has 0 unspecified atom stereocenters. The monoisotopic (exact) mass is 400 g/mol. The summed E-state index contributed by atoms with van der Waals surface area (Å²) in [4.78, 5) is 11.8. The van der Waals surface area contributed by atoms with E-state index in [1.54, 1.807) is 7.11 Å². The molecule has 1 saturated heterocycles. The molecule has 0 amide bonds. The molecule has 1 aliphatic rings. The van der Waals surface area contributed by atoms with Crippen molar-refractivity contribution in [1.29, 1.82) is 0 Å². The number of benzene rings is 2. The summed E-state index contributed by atoms with van der Waals surface area (Å²) in [6.45, 7) is 3.74. The summed E-state index contributed by atoms with van der Waals surface area (Å²) in [5.41, 5.74) is 4.13. The lowest BCUT2D eigenvalue weighted by molar-refractivity contribution is 0.327. The maximum atomic E-state index is 5.59. The summed E-state index contributed by atoms with van der Waals surface area (Å²) in [6.07, 6.45) is 1.98. The van der Waals surface area contributed by atoms with Crippen LogP contribution in [0.2, 0.25) is 0 Å². The van der Waals surface area contributed by atoms with Crippen LogP contribution in [-0.4, -0.2) is 35.3 Å². The van der Waals surface area contributed by atoms with Gasteiger partial charge in [0, 0.05) is 35.6 Å². The third-order valence-corrected chi connectivity index (χ3v) is 5.81. The van der Waals surface area contributed by atoms with Crippen molar-refractivity contribution in [3.8, 4) is 17.0 Å². The summed E-state index contributed by atoms with van der Waals surface area (Å²) in [5.74, 6) is 2.62. The Bertz CT molecular complexity index is 1180. The Morgan fingerprint density at radius 2 is 1.77 bits per heavy atom. The zero-order valence-electron chi connectivity index (χ0n) is 17.2. The van der Waals surface area contributed by atoms with E-state index in [9.17, 15) is 0 Å². The van der Waals surface area contributed by atoms with E-state index in [-0.39, 0.29) is 0 Å². The smallest absolute Gasteiger partial charge is 0.229 e. The van der Waals surface area contributed by atoms with E-state index in [0.29, 0.717) is 11.7 Å². The number of hydrogen-bond acceptors (Lipinski definition) is 6. The number of fused-ring (bicyclic) bond motifs is 1. The zero-order valence-corrected chi connectivity index (χ0v) is 17.2. The van der Waals surface area contributed by atoms with Crippen LogP contribution in [0.4, 0.5) is 5.69 Å². The number of ether oxygens (including phenoxy) is 1. The SMILES string of the molecule is COc1ccccc1-c1cc(N2CCC(c3nc(C)no3)CC2)c2ccccc2n1. The molecule has 2 aromatic heterocycles. The van der Waals surface area contributed by atoms with Crippen molar-refractivity contribution >= 4 is 16.6 Å². The molecule has 2 aromatic carbocycles. The molecule has 4 aromatic rings. The first-order chi connectivity index (χ1) is 14.7. The van der Waals surface area contributed by atoms with E-state index < -0.39 is 0 Å². The van der Waals surface area contributed by atoms with Crippen LogP contribution in [0, 0.1) is 6.92 Å². The third-order valence-electron chi connectivity index (χ3n) is 5.81. The molecule has 6 nitrogen and oxygen atoms in total. The Balaban J connectivity index is 1.51. The first-order valence-corrected chi connectivity index (χ1v) is 10.3. The maximum absolute atomic E-state index is 5.59. The fraction of sp³-hybridized carbons (Fsp3) is 0.292. The highest BCUT2D eigenvalue weighted by Crippen LogP contribution is 2.37. The molecule has 152 valence electrons. The first-order valence-electron chi connectivity index (χ1n) is 10.3. The number of nitrogens with zero attached hydrogens (tertiary/aromatic N) is 4. The fourth-order valence-corrected chi connectivity index (χ4v) is 4.26. The van der Waals surface area contributed by atoms with Crippen LogP contribution in [0.15, 0.2) is 59.1 Å². The van der Waals surface area contributed by atoms with Crippen molar-refractivity contribution in [2.75, 3.05) is 25.1 Å². The lowest BCUT2D eigenvalue weighted by atomic mass is 9.95. The third kappa shape index (κ3) is 3.38. The van der Waals surface area contributed by atoms with Crippen LogP contribution in [0.5, 0.6) is 5.75 Å². The van der Waals surface area contributed by atoms with Crippen molar-refractivity contribution < 1.29 is 9.26 Å². The minimum Gasteiger partial charge on any atom is -0.496 e. The molecule has 1 aliphatic heterocycles. The van der Waals surface area contributed by atoms with E-state index in [1.165, 1.54) is 11.1 Å². The van der Waals surface area contributed by atoms with Gasteiger partial charge in [-0.25, -0.2) is 4.98 Å². The van der Waals surface area contributed by atoms with Crippen molar-refractivity contribution in [2.24, 2.45) is 0 Å². The van der Waals surface area contributed by atoms with Gasteiger partial charge in [-0.1, -0.05) is 35.5 Å². The molecule has 0 spiro atoms. The van der Waals surface area contributed by atoms with Gasteiger partial charge in [-0.2, -0.15) is 4.98 Å². The molecular weight excluding hydrogens is 376 g/mol. The quantitative estimate of drug-likeness (QED) is 0.481. The standard InChI is InChI=1S/C24H24N4O2/c1-16-25-24(30-27-16)17-11-13-28(14-12-17)22-15-21(19-8-4-6-10-23(19)29-2)26-20-9-5-3-7-18(20)22/h3-10,15,17H,11-14H2,1-2H3. The molecule has 3 heterocycles. The minimum atomic E-state index is 0.323. The van der Waals surface area contributed by atoms with Crippen LogP contribution >= 0.6 is 0 Å². The van der Waals surface area contributed by atoms with E-state index in [1.807, 2.05) is 31.2 Å². The molecule has 0 aliphatic carbocycles. The number of piperidine rings is 1. The average Bonchev–Trinajstić information content (AvgIpc) is 3.24. The predicted molar refractivity (Wildman–Crippen MR) is 117 cm³/mol. The van der Waals surface area contributed by atoms with E-state index in [4.69, 9.17) is 14.2 Å². The Labute approximate surface area is 175 Å². The van der Waals surface area contributed by atoms with Gasteiger partial charge in [0.2, 0.25) is 5.89 Å². The summed E-state index contributed by atoms with van der Waals surface area (Å²) >= 11 is 0. The second-order valence-corrected chi connectivity index (χ2v) is 7.69. The van der Waals surface area contributed by atoms with Crippen molar-refractivity contribution in [3.05, 3.63) is 66.3 Å². The number of para-hydroxylation sites is 2. The number of hydrogen-bond donors (Lipinski definition) is 0. The largest absolute Gasteiger partial charge is 0.496 e. The van der Waals surface area contributed by atoms with Crippen LogP contribution < -0.4 is 9.64 Å². The van der Waals surface area contributed by atoms with Gasteiger partial charge in [-0.15, -0.1) is 0 Å². The van der Waals surface area contributed by atoms with Crippen molar-refractivity contribution in [2.45, 2.75) is 25.7 Å². The van der Waals surface area contributed by atoms with Crippen LogP contribution in [0.3, 0.4) is 0 Å². The van der Waals surface area contributed by atoms with Crippen molar-refractivity contribution in [1.82, 2.24) is 15.1 Å². The highest BCUT2D eigenvalue weighted by atomic mass is 16.5. The molecule has 0 atom stereocenters. The highest BCUT2D eigenvalue weighted by Gasteiger charge is 2.26. The van der Waals surface area contributed by atoms with Crippen LogP contribution in [0.1, 0.15) is 30.5 Å². The molecule has 6 heteroatoms. The summed E-state index contributed by atoms with van der Waals surface area (Å²) in [7, 11) is 1.70. The number of methoxy groups -OCH3 is 1. The second-order valence-electron chi connectivity index (χ2n) is 7.69. The molecule has 30 heavy (non-hydrogen) atoms. The topological polar surface area (TPSA) is 64.3 Å². The van der Waals surface area contributed by atoms with Gasteiger partial charge < -0.3 is 14.2 Å². The van der Waals surface area contributed by atoms with Crippen LogP contribution in [0.25, 0.3) is 22.2 Å². The lowest BCUT2D eigenvalue weighted by Crippen LogP contribution is -2.33.